The fourth-order valence-corrected chi connectivity index (χ4v) is 4.11. The maximum absolute atomic E-state index is 10.2. The molecule has 0 saturated carbocycles. The minimum Gasteiger partial charge on any atom is -0.493 e. The normalized spacial score (nSPS) is 20.7. The summed E-state index contributed by atoms with van der Waals surface area (Å²) in [4.78, 5) is 0. The van der Waals surface area contributed by atoms with E-state index >= 15 is 0 Å². The van der Waals surface area contributed by atoms with Crippen molar-refractivity contribution in [3.8, 4) is 28.7 Å². The number of aliphatic hydroxyl groups excluding tert-OH is 1. The molecule has 0 aliphatic carbocycles. The molecule has 1 heterocycles. The highest BCUT2D eigenvalue weighted by atomic mass is 16.5. The molecule has 0 radical (unpaired) electrons. The van der Waals surface area contributed by atoms with E-state index in [1.165, 1.54) is 0 Å². The van der Waals surface area contributed by atoms with Crippen LogP contribution in [-0.2, 0) is 11.2 Å². The summed E-state index contributed by atoms with van der Waals surface area (Å²) in [5, 5.41) is 10.2. The standard InChI is InChI=1S/C23H30O7/c1-25-18-7-6-15(11-19(18)26-2)22-17(12-24)16(13-30-22)8-14-9-20(27-3)23(29-5)21(10-14)28-4/h6-7,9-11,16-17,22,24H,8,12-13H2,1-5H3/t16?,17-,22+/m0/s1. The molecule has 1 unspecified atom stereocenters. The van der Waals surface area contributed by atoms with Gasteiger partial charge in [-0.15, -0.1) is 0 Å². The summed E-state index contributed by atoms with van der Waals surface area (Å²) in [6, 6.07) is 9.61. The van der Waals surface area contributed by atoms with E-state index < -0.39 is 0 Å². The van der Waals surface area contributed by atoms with Gasteiger partial charge in [0.15, 0.2) is 23.0 Å². The lowest BCUT2D eigenvalue weighted by atomic mass is 9.84. The summed E-state index contributed by atoms with van der Waals surface area (Å²) < 4.78 is 33.2. The molecule has 30 heavy (non-hydrogen) atoms. The second-order valence-corrected chi connectivity index (χ2v) is 7.21. The molecular weight excluding hydrogens is 388 g/mol. The van der Waals surface area contributed by atoms with Gasteiger partial charge in [0.05, 0.1) is 48.3 Å². The quantitative estimate of drug-likeness (QED) is 0.670. The number of ether oxygens (including phenoxy) is 6. The first-order chi connectivity index (χ1) is 14.6. The lowest BCUT2D eigenvalue weighted by Gasteiger charge is -2.22. The monoisotopic (exact) mass is 418 g/mol. The van der Waals surface area contributed by atoms with Crippen molar-refractivity contribution in [1.82, 2.24) is 0 Å². The Morgan fingerprint density at radius 1 is 0.833 bits per heavy atom. The zero-order valence-electron chi connectivity index (χ0n) is 18.1. The van der Waals surface area contributed by atoms with Gasteiger partial charge in [-0.05, 0) is 47.7 Å². The topological polar surface area (TPSA) is 75.6 Å². The molecule has 164 valence electrons. The third-order valence-corrected chi connectivity index (χ3v) is 5.65. The van der Waals surface area contributed by atoms with Crippen molar-refractivity contribution in [3.05, 3.63) is 41.5 Å². The minimum atomic E-state index is -0.221. The summed E-state index contributed by atoms with van der Waals surface area (Å²) in [6.07, 6.45) is 0.494. The van der Waals surface area contributed by atoms with Crippen LogP contribution in [0.3, 0.4) is 0 Å². The second kappa shape index (κ2) is 9.91. The molecule has 7 heteroatoms. The summed E-state index contributed by atoms with van der Waals surface area (Å²) in [7, 11) is 7.99. The average molecular weight is 418 g/mol. The van der Waals surface area contributed by atoms with Crippen LogP contribution >= 0.6 is 0 Å². The minimum absolute atomic E-state index is 0.0219. The fourth-order valence-electron chi connectivity index (χ4n) is 4.11. The number of benzene rings is 2. The molecule has 7 nitrogen and oxygen atoms in total. The predicted molar refractivity (Wildman–Crippen MR) is 112 cm³/mol. The highest BCUT2D eigenvalue weighted by molar-refractivity contribution is 5.54. The largest absolute Gasteiger partial charge is 0.493 e. The van der Waals surface area contributed by atoms with E-state index in [4.69, 9.17) is 28.4 Å². The van der Waals surface area contributed by atoms with Gasteiger partial charge in [0.25, 0.3) is 0 Å². The number of aliphatic hydroxyl groups is 1. The Morgan fingerprint density at radius 2 is 1.47 bits per heavy atom. The summed E-state index contributed by atoms with van der Waals surface area (Å²) in [5.41, 5.74) is 1.99. The Hall–Kier alpha value is -2.64. The molecule has 1 N–H and O–H groups in total. The van der Waals surface area contributed by atoms with Crippen LogP contribution in [0, 0.1) is 11.8 Å². The Balaban J connectivity index is 1.84. The van der Waals surface area contributed by atoms with Crippen LogP contribution in [0.5, 0.6) is 28.7 Å². The van der Waals surface area contributed by atoms with Crippen LogP contribution in [0.1, 0.15) is 17.2 Å². The van der Waals surface area contributed by atoms with Gasteiger partial charge in [0, 0.05) is 12.5 Å². The summed E-state index contributed by atoms with van der Waals surface area (Å²) >= 11 is 0. The van der Waals surface area contributed by atoms with Gasteiger partial charge >= 0.3 is 0 Å². The average Bonchev–Trinajstić information content (AvgIpc) is 3.19. The van der Waals surface area contributed by atoms with Gasteiger partial charge in [0.1, 0.15) is 0 Å². The van der Waals surface area contributed by atoms with Crippen molar-refractivity contribution in [2.45, 2.75) is 12.5 Å². The van der Waals surface area contributed by atoms with Crippen molar-refractivity contribution in [1.29, 1.82) is 0 Å². The Kier molecular flexibility index (Phi) is 7.29. The maximum atomic E-state index is 10.2. The third kappa shape index (κ3) is 4.27. The lowest BCUT2D eigenvalue weighted by Crippen LogP contribution is -2.21. The van der Waals surface area contributed by atoms with Crippen molar-refractivity contribution >= 4 is 0 Å². The van der Waals surface area contributed by atoms with Crippen LogP contribution in [0.15, 0.2) is 30.3 Å². The molecule has 1 aliphatic heterocycles. The Labute approximate surface area is 177 Å². The smallest absolute Gasteiger partial charge is 0.203 e. The predicted octanol–water partition coefficient (Wildman–Crippen LogP) is 3.27. The van der Waals surface area contributed by atoms with E-state index in [-0.39, 0.29) is 24.5 Å². The molecule has 0 aromatic heterocycles. The van der Waals surface area contributed by atoms with Crippen molar-refractivity contribution in [2.24, 2.45) is 11.8 Å². The SMILES string of the molecule is COc1ccc([C@H]2OCC(Cc3cc(OC)c(OC)c(OC)c3)[C@@H]2CO)cc1OC. The Morgan fingerprint density at radius 3 is 2.00 bits per heavy atom. The third-order valence-electron chi connectivity index (χ3n) is 5.65. The molecular formula is C23H30O7. The van der Waals surface area contributed by atoms with Gasteiger partial charge < -0.3 is 33.5 Å². The van der Waals surface area contributed by atoms with Crippen LogP contribution in [0.25, 0.3) is 0 Å². The van der Waals surface area contributed by atoms with E-state index in [1.807, 2.05) is 30.3 Å². The summed E-state index contributed by atoms with van der Waals surface area (Å²) in [6.45, 7) is 0.564. The van der Waals surface area contributed by atoms with E-state index in [0.29, 0.717) is 41.8 Å². The molecule has 0 spiro atoms. The molecule has 1 aliphatic rings. The number of hydrogen-bond donors (Lipinski definition) is 1. The van der Waals surface area contributed by atoms with Gasteiger partial charge in [-0.1, -0.05) is 6.07 Å². The van der Waals surface area contributed by atoms with Gasteiger partial charge in [-0.2, -0.15) is 0 Å². The number of methoxy groups -OCH3 is 5. The second-order valence-electron chi connectivity index (χ2n) is 7.21. The zero-order chi connectivity index (χ0) is 21.7. The van der Waals surface area contributed by atoms with E-state index in [2.05, 4.69) is 0 Å². The highest BCUT2D eigenvalue weighted by Gasteiger charge is 2.38. The van der Waals surface area contributed by atoms with Crippen LogP contribution in [0.2, 0.25) is 0 Å². The van der Waals surface area contributed by atoms with Crippen LogP contribution in [0.4, 0.5) is 0 Å². The Bertz CT molecular complexity index is 826. The van der Waals surface area contributed by atoms with Crippen molar-refractivity contribution in [3.63, 3.8) is 0 Å². The van der Waals surface area contributed by atoms with Crippen molar-refractivity contribution < 1.29 is 33.5 Å². The van der Waals surface area contributed by atoms with Crippen LogP contribution in [-0.4, -0.2) is 53.9 Å². The van der Waals surface area contributed by atoms with Crippen LogP contribution < -0.4 is 23.7 Å². The molecule has 3 atom stereocenters. The lowest BCUT2D eigenvalue weighted by molar-refractivity contribution is 0.0717. The molecule has 2 aromatic carbocycles. The van der Waals surface area contributed by atoms with E-state index in [1.54, 1.807) is 35.5 Å². The molecule has 2 aromatic rings. The van der Waals surface area contributed by atoms with Gasteiger partial charge in [0.2, 0.25) is 5.75 Å². The number of rotatable bonds is 9. The van der Waals surface area contributed by atoms with Gasteiger partial charge in [-0.3, -0.25) is 0 Å². The number of hydrogen-bond acceptors (Lipinski definition) is 7. The van der Waals surface area contributed by atoms with Gasteiger partial charge in [-0.25, -0.2) is 0 Å². The zero-order valence-corrected chi connectivity index (χ0v) is 18.1. The molecule has 3 rings (SSSR count). The highest BCUT2D eigenvalue weighted by Crippen LogP contribution is 2.44. The maximum Gasteiger partial charge on any atom is 0.203 e. The molecule has 1 saturated heterocycles. The first-order valence-electron chi connectivity index (χ1n) is 9.83. The first kappa shape index (κ1) is 22.1. The van der Waals surface area contributed by atoms with E-state index in [0.717, 1.165) is 11.1 Å². The molecule has 1 fully saturated rings. The summed E-state index contributed by atoms with van der Waals surface area (Å²) in [5.74, 6) is 3.18. The van der Waals surface area contributed by atoms with Crippen molar-refractivity contribution in [2.75, 3.05) is 48.8 Å². The van der Waals surface area contributed by atoms with E-state index in [9.17, 15) is 5.11 Å². The fraction of sp³-hybridized carbons (Fsp3) is 0.478. The molecule has 0 bridgehead atoms. The first-order valence-corrected chi connectivity index (χ1v) is 9.83. The molecule has 0 amide bonds.